The summed E-state index contributed by atoms with van der Waals surface area (Å²) in [6.07, 6.45) is 8.59. The standard InChI is InChI=1S/C16H22N4/c1-17-7-9-19(13-17)11-15-5-3-4-6-16(15)12-20-10-8-18(2)14-20/h3-10H,11-14H2,1-2H3. The Bertz CT molecular complexity index is 476. The van der Waals surface area contributed by atoms with Crippen LogP contribution in [0.5, 0.6) is 0 Å². The smallest absolute Gasteiger partial charge is 0.0894 e. The van der Waals surface area contributed by atoms with E-state index in [1.807, 2.05) is 0 Å². The van der Waals surface area contributed by atoms with Gasteiger partial charge in [0, 0.05) is 52.0 Å². The number of hydrogen-bond donors (Lipinski definition) is 0. The van der Waals surface area contributed by atoms with E-state index in [0.717, 1.165) is 26.4 Å². The zero-order valence-electron chi connectivity index (χ0n) is 12.2. The lowest BCUT2D eigenvalue weighted by Crippen LogP contribution is -2.24. The second kappa shape index (κ2) is 5.49. The molecule has 2 aliphatic heterocycles. The first-order valence-corrected chi connectivity index (χ1v) is 7.03. The molecule has 0 radical (unpaired) electrons. The summed E-state index contributed by atoms with van der Waals surface area (Å²) in [7, 11) is 4.21. The van der Waals surface area contributed by atoms with Crippen LogP contribution in [0, 0.1) is 0 Å². The predicted molar refractivity (Wildman–Crippen MR) is 81.1 cm³/mol. The Morgan fingerprint density at radius 2 is 1.20 bits per heavy atom. The molecule has 2 heterocycles. The Morgan fingerprint density at radius 1 is 0.750 bits per heavy atom. The van der Waals surface area contributed by atoms with Crippen molar-refractivity contribution in [1.82, 2.24) is 19.6 Å². The van der Waals surface area contributed by atoms with Crippen molar-refractivity contribution in [1.29, 1.82) is 0 Å². The van der Waals surface area contributed by atoms with E-state index in [0.29, 0.717) is 0 Å². The van der Waals surface area contributed by atoms with Gasteiger partial charge < -0.3 is 19.6 Å². The molecule has 0 atom stereocenters. The largest absolute Gasteiger partial charge is 0.362 e. The van der Waals surface area contributed by atoms with Gasteiger partial charge in [0.25, 0.3) is 0 Å². The molecule has 0 saturated carbocycles. The van der Waals surface area contributed by atoms with Crippen molar-refractivity contribution in [2.45, 2.75) is 13.1 Å². The molecule has 0 bridgehead atoms. The van der Waals surface area contributed by atoms with Crippen LogP contribution in [0.15, 0.2) is 49.1 Å². The van der Waals surface area contributed by atoms with Crippen molar-refractivity contribution in [2.24, 2.45) is 0 Å². The molecule has 1 aromatic rings. The highest BCUT2D eigenvalue weighted by molar-refractivity contribution is 5.27. The molecule has 0 N–H and O–H groups in total. The van der Waals surface area contributed by atoms with Crippen LogP contribution in [0.1, 0.15) is 11.1 Å². The highest BCUT2D eigenvalue weighted by Gasteiger charge is 2.14. The fourth-order valence-corrected chi connectivity index (χ4v) is 2.69. The first-order valence-electron chi connectivity index (χ1n) is 7.03. The number of hydrogen-bond acceptors (Lipinski definition) is 4. The highest BCUT2D eigenvalue weighted by Crippen LogP contribution is 2.18. The molecule has 0 unspecified atom stereocenters. The van der Waals surface area contributed by atoms with Gasteiger partial charge >= 0.3 is 0 Å². The predicted octanol–water partition coefficient (Wildman–Crippen LogP) is 2.04. The molecule has 4 heteroatoms. The van der Waals surface area contributed by atoms with E-state index in [-0.39, 0.29) is 0 Å². The summed E-state index contributed by atoms with van der Waals surface area (Å²) in [5.74, 6) is 0. The minimum atomic E-state index is 0.973. The third-order valence-electron chi connectivity index (χ3n) is 3.74. The van der Waals surface area contributed by atoms with Gasteiger partial charge in [-0.25, -0.2) is 0 Å². The summed E-state index contributed by atoms with van der Waals surface area (Å²) in [4.78, 5) is 9.07. The maximum absolute atomic E-state index is 2.34. The Hall–Kier alpha value is -2.10. The van der Waals surface area contributed by atoms with E-state index in [1.165, 1.54) is 11.1 Å². The second-order valence-corrected chi connectivity index (χ2v) is 5.66. The summed E-state index contributed by atoms with van der Waals surface area (Å²) in [5.41, 5.74) is 2.82. The topological polar surface area (TPSA) is 13.0 Å². The average Bonchev–Trinajstić information content (AvgIpc) is 3.01. The lowest BCUT2D eigenvalue weighted by Gasteiger charge is -2.23. The highest BCUT2D eigenvalue weighted by atomic mass is 15.3. The zero-order chi connectivity index (χ0) is 13.9. The van der Waals surface area contributed by atoms with Crippen molar-refractivity contribution in [3.8, 4) is 0 Å². The molecule has 2 aliphatic rings. The molecular formula is C16H22N4. The quantitative estimate of drug-likeness (QED) is 0.830. The minimum absolute atomic E-state index is 0.973. The van der Waals surface area contributed by atoms with E-state index >= 15 is 0 Å². The van der Waals surface area contributed by atoms with Gasteiger partial charge in [-0.1, -0.05) is 24.3 Å². The third kappa shape index (κ3) is 2.90. The van der Waals surface area contributed by atoms with Gasteiger partial charge in [-0.15, -0.1) is 0 Å². The van der Waals surface area contributed by atoms with Crippen LogP contribution in [0.2, 0.25) is 0 Å². The van der Waals surface area contributed by atoms with Crippen molar-refractivity contribution < 1.29 is 0 Å². The third-order valence-corrected chi connectivity index (χ3v) is 3.74. The maximum atomic E-state index is 2.34. The second-order valence-electron chi connectivity index (χ2n) is 5.66. The van der Waals surface area contributed by atoms with Crippen LogP contribution < -0.4 is 0 Å². The Morgan fingerprint density at radius 3 is 1.55 bits per heavy atom. The van der Waals surface area contributed by atoms with Gasteiger partial charge in [0.1, 0.15) is 0 Å². The molecule has 106 valence electrons. The average molecular weight is 270 g/mol. The van der Waals surface area contributed by atoms with Crippen LogP contribution >= 0.6 is 0 Å². The molecule has 0 spiro atoms. The van der Waals surface area contributed by atoms with Gasteiger partial charge in [0.05, 0.1) is 13.3 Å². The fourth-order valence-electron chi connectivity index (χ4n) is 2.69. The molecule has 4 nitrogen and oxygen atoms in total. The molecule has 3 rings (SSSR count). The fraction of sp³-hybridized carbons (Fsp3) is 0.375. The SMILES string of the molecule is CN1C=CN(Cc2ccccc2CN2C=CN(C)C2)C1. The van der Waals surface area contributed by atoms with Gasteiger partial charge in [0.15, 0.2) is 0 Å². The number of rotatable bonds is 4. The van der Waals surface area contributed by atoms with E-state index in [2.05, 4.69) is 82.8 Å². The van der Waals surface area contributed by atoms with E-state index < -0.39 is 0 Å². The summed E-state index contributed by atoms with van der Waals surface area (Å²) in [5, 5.41) is 0. The summed E-state index contributed by atoms with van der Waals surface area (Å²) < 4.78 is 0. The first-order chi connectivity index (χ1) is 9.70. The van der Waals surface area contributed by atoms with Gasteiger partial charge in [-0.3, -0.25) is 0 Å². The Balaban J connectivity index is 1.68. The minimum Gasteiger partial charge on any atom is -0.362 e. The van der Waals surface area contributed by atoms with Crippen LogP contribution in [0.3, 0.4) is 0 Å². The van der Waals surface area contributed by atoms with Gasteiger partial charge in [0.2, 0.25) is 0 Å². The molecule has 0 fully saturated rings. The summed E-state index contributed by atoms with van der Waals surface area (Å²) >= 11 is 0. The maximum Gasteiger partial charge on any atom is 0.0894 e. The van der Waals surface area contributed by atoms with Crippen molar-refractivity contribution >= 4 is 0 Å². The Labute approximate surface area is 121 Å². The molecule has 0 aromatic heterocycles. The first kappa shape index (κ1) is 12.9. The summed E-state index contributed by atoms with van der Waals surface area (Å²) in [6.45, 7) is 3.90. The molecule has 1 aromatic carbocycles. The van der Waals surface area contributed by atoms with E-state index in [4.69, 9.17) is 0 Å². The molecule has 20 heavy (non-hydrogen) atoms. The van der Waals surface area contributed by atoms with Gasteiger partial charge in [-0.05, 0) is 11.1 Å². The molecular weight excluding hydrogens is 248 g/mol. The lowest BCUT2D eigenvalue weighted by atomic mass is 10.1. The molecule has 0 aliphatic carbocycles. The van der Waals surface area contributed by atoms with Crippen molar-refractivity contribution in [2.75, 3.05) is 27.4 Å². The zero-order valence-corrected chi connectivity index (χ0v) is 12.2. The lowest BCUT2D eigenvalue weighted by molar-refractivity contribution is 0.280. The van der Waals surface area contributed by atoms with Crippen LogP contribution in [-0.4, -0.2) is 47.0 Å². The summed E-state index contributed by atoms with van der Waals surface area (Å²) in [6, 6.07) is 8.75. The number of nitrogens with zero attached hydrogens (tertiary/aromatic N) is 4. The van der Waals surface area contributed by atoms with Crippen molar-refractivity contribution in [3.63, 3.8) is 0 Å². The van der Waals surface area contributed by atoms with Crippen LogP contribution in [0.4, 0.5) is 0 Å². The van der Waals surface area contributed by atoms with Crippen LogP contribution in [0.25, 0.3) is 0 Å². The molecule has 0 saturated heterocycles. The Kier molecular flexibility index (Phi) is 3.54. The van der Waals surface area contributed by atoms with Gasteiger partial charge in [-0.2, -0.15) is 0 Å². The van der Waals surface area contributed by atoms with Crippen LogP contribution in [-0.2, 0) is 13.1 Å². The van der Waals surface area contributed by atoms with Crippen molar-refractivity contribution in [3.05, 3.63) is 60.2 Å². The van der Waals surface area contributed by atoms with E-state index in [9.17, 15) is 0 Å². The molecule has 0 amide bonds. The number of benzene rings is 1. The monoisotopic (exact) mass is 270 g/mol. The van der Waals surface area contributed by atoms with E-state index in [1.54, 1.807) is 0 Å². The normalized spacial score (nSPS) is 17.7.